The number of Topliss-reactive ketones (excluding diaryl/α,β-unsaturated/α-hetero) is 1. The van der Waals surface area contributed by atoms with Crippen LogP contribution in [0.3, 0.4) is 0 Å². The molecule has 0 N–H and O–H groups in total. The van der Waals surface area contributed by atoms with E-state index in [-0.39, 0.29) is 0 Å². The fourth-order valence-electron chi connectivity index (χ4n) is 4.43. The highest BCUT2D eigenvalue weighted by Crippen LogP contribution is 2.48. The molecule has 2 aliphatic rings. The number of benzene rings is 2. The van der Waals surface area contributed by atoms with Crippen molar-refractivity contribution in [3.05, 3.63) is 59.2 Å². The van der Waals surface area contributed by atoms with Crippen LogP contribution >= 0.6 is 0 Å². The highest BCUT2D eigenvalue weighted by Gasteiger charge is 2.48. The van der Waals surface area contributed by atoms with Crippen molar-refractivity contribution in [3.8, 4) is 11.5 Å². The molecular formula is C21H23NO3. The Kier molecular flexibility index (Phi) is 4.00. The van der Waals surface area contributed by atoms with Gasteiger partial charge in [0.2, 0.25) is 0 Å². The van der Waals surface area contributed by atoms with Gasteiger partial charge in [-0.2, -0.15) is 0 Å². The minimum Gasteiger partial charge on any atom is -0.493 e. The van der Waals surface area contributed by atoms with Gasteiger partial charge in [-0.3, -0.25) is 9.69 Å². The Morgan fingerprint density at radius 3 is 2.36 bits per heavy atom. The molecule has 0 radical (unpaired) electrons. The monoisotopic (exact) mass is 337 g/mol. The van der Waals surface area contributed by atoms with Gasteiger partial charge in [-0.05, 0) is 35.2 Å². The van der Waals surface area contributed by atoms with E-state index in [9.17, 15) is 4.79 Å². The Balaban J connectivity index is 1.98. The van der Waals surface area contributed by atoms with Crippen LogP contribution in [0.2, 0.25) is 0 Å². The molecule has 1 atom stereocenters. The van der Waals surface area contributed by atoms with Crippen LogP contribution in [0.5, 0.6) is 11.5 Å². The minimum absolute atomic E-state index is 0.322. The maximum Gasteiger partial charge on any atom is 0.161 e. The van der Waals surface area contributed by atoms with Crippen LogP contribution < -0.4 is 9.47 Å². The first-order valence-corrected chi connectivity index (χ1v) is 8.76. The molecule has 0 saturated carbocycles. The van der Waals surface area contributed by atoms with Crippen LogP contribution in [0.15, 0.2) is 42.5 Å². The molecule has 1 fully saturated rings. The van der Waals surface area contributed by atoms with Gasteiger partial charge in [-0.25, -0.2) is 0 Å². The number of nitrogens with zero attached hydrogens (tertiary/aromatic N) is 1. The molecule has 4 nitrogen and oxygen atoms in total. The fourth-order valence-corrected chi connectivity index (χ4v) is 4.43. The number of ketones is 1. The van der Waals surface area contributed by atoms with E-state index in [4.69, 9.17) is 9.47 Å². The lowest BCUT2D eigenvalue weighted by Crippen LogP contribution is -2.56. The molecular weight excluding hydrogens is 314 g/mol. The Labute approximate surface area is 148 Å². The second-order valence-electron chi connectivity index (χ2n) is 6.79. The van der Waals surface area contributed by atoms with E-state index >= 15 is 0 Å². The van der Waals surface area contributed by atoms with Crippen molar-refractivity contribution in [2.24, 2.45) is 0 Å². The third kappa shape index (κ3) is 2.44. The second-order valence-corrected chi connectivity index (χ2v) is 6.79. The van der Waals surface area contributed by atoms with Gasteiger partial charge < -0.3 is 9.47 Å². The topological polar surface area (TPSA) is 38.8 Å². The SMILES string of the molecule is COc1cc2c(cc1OC)C1(c3ccccc3)CC(=O)CCN1CC2. The fraction of sp³-hybridized carbons (Fsp3) is 0.381. The molecule has 130 valence electrons. The summed E-state index contributed by atoms with van der Waals surface area (Å²) in [4.78, 5) is 15.0. The largest absolute Gasteiger partial charge is 0.493 e. The van der Waals surface area contributed by atoms with Crippen molar-refractivity contribution in [3.63, 3.8) is 0 Å². The van der Waals surface area contributed by atoms with Crippen molar-refractivity contribution in [2.45, 2.75) is 24.8 Å². The standard InChI is InChI=1S/C21H23NO3/c1-24-19-12-15-8-10-22-11-9-17(23)14-21(22,16-6-4-3-5-7-16)18(15)13-20(19)25-2/h3-7,12-13H,8-11,14H2,1-2H3. The zero-order valence-corrected chi connectivity index (χ0v) is 14.7. The average molecular weight is 337 g/mol. The van der Waals surface area contributed by atoms with Crippen molar-refractivity contribution in [1.29, 1.82) is 0 Å². The maximum atomic E-state index is 12.5. The number of carbonyl (C=O) groups excluding carboxylic acids is 1. The first-order chi connectivity index (χ1) is 12.2. The van der Waals surface area contributed by atoms with Crippen LogP contribution in [0.25, 0.3) is 0 Å². The lowest BCUT2D eigenvalue weighted by atomic mass is 9.70. The van der Waals surface area contributed by atoms with E-state index in [1.54, 1.807) is 14.2 Å². The zero-order valence-electron chi connectivity index (χ0n) is 14.7. The van der Waals surface area contributed by atoms with E-state index in [0.29, 0.717) is 18.6 Å². The molecule has 2 aromatic rings. The molecule has 2 aliphatic heterocycles. The van der Waals surface area contributed by atoms with Crippen LogP contribution in [0.1, 0.15) is 29.5 Å². The van der Waals surface area contributed by atoms with Gasteiger partial charge in [-0.1, -0.05) is 30.3 Å². The van der Waals surface area contributed by atoms with E-state index in [1.165, 1.54) is 16.7 Å². The summed E-state index contributed by atoms with van der Waals surface area (Å²) in [6.07, 6.45) is 2.11. The lowest BCUT2D eigenvalue weighted by Gasteiger charge is -2.51. The summed E-state index contributed by atoms with van der Waals surface area (Å²) in [7, 11) is 3.32. The zero-order chi connectivity index (χ0) is 17.4. The number of rotatable bonds is 3. The van der Waals surface area contributed by atoms with Gasteiger partial charge in [0.05, 0.1) is 19.8 Å². The summed E-state index contributed by atoms with van der Waals surface area (Å²) in [5.41, 5.74) is 3.20. The molecule has 25 heavy (non-hydrogen) atoms. The first-order valence-electron chi connectivity index (χ1n) is 8.76. The minimum atomic E-state index is -0.399. The van der Waals surface area contributed by atoms with Gasteiger partial charge in [-0.15, -0.1) is 0 Å². The van der Waals surface area contributed by atoms with E-state index in [0.717, 1.165) is 31.0 Å². The van der Waals surface area contributed by atoms with Crippen molar-refractivity contribution < 1.29 is 14.3 Å². The highest BCUT2D eigenvalue weighted by atomic mass is 16.5. The van der Waals surface area contributed by atoms with E-state index < -0.39 is 5.54 Å². The van der Waals surface area contributed by atoms with Crippen molar-refractivity contribution in [2.75, 3.05) is 27.3 Å². The second kappa shape index (κ2) is 6.19. The molecule has 0 spiro atoms. The molecule has 4 rings (SSSR count). The van der Waals surface area contributed by atoms with Gasteiger partial charge in [0.25, 0.3) is 0 Å². The first kappa shape index (κ1) is 16.2. The van der Waals surface area contributed by atoms with Gasteiger partial charge in [0.1, 0.15) is 5.78 Å². The molecule has 0 amide bonds. The van der Waals surface area contributed by atoms with Crippen molar-refractivity contribution >= 4 is 5.78 Å². The smallest absolute Gasteiger partial charge is 0.161 e. The number of piperidine rings is 1. The number of carbonyl (C=O) groups is 1. The Morgan fingerprint density at radius 1 is 0.960 bits per heavy atom. The average Bonchev–Trinajstić information content (AvgIpc) is 2.67. The van der Waals surface area contributed by atoms with E-state index in [1.807, 2.05) is 6.07 Å². The normalized spacial score (nSPS) is 22.9. The number of hydrogen-bond donors (Lipinski definition) is 0. The molecule has 2 heterocycles. The predicted molar refractivity (Wildman–Crippen MR) is 96.3 cm³/mol. The number of methoxy groups -OCH3 is 2. The van der Waals surface area contributed by atoms with Gasteiger partial charge >= 0.3 is 0 Å². The predicted octanol–water partition coefficient (Wildman–Crippen LogP) is 3.17. The van der Waals surface area contributed by atoms with Crippen LogP contribution in [-0.4, -0.2) is 38.0 Å². The Hall–Kier alpha value is -2.33. The maximum absolute atomic E-state index is 12.5. The number of fused-ring (bicyclic) bond motifs is 3. The highest BCUT2D eigenvalue weighted by molar-refractivity contribution is 5.82. The molecule has 0 bridgehead atoms. The third-order valence-corrected chi connectivity index (χ3v) is 5.61. The van der Waals surface area contributed by atoms with Gasteiger partial charge in [0, 0.05) is 25.9 Å². The van der Waals surface area contributed by atoms with Gasteiger partial charge in [0.15, 0.2) is 11.5 Å². The van der Waals surface area contributed by atoms with Crippen LogP contribution in [0, 0.1) is 0 Å². The summed E-state index contributed by atoms with van der Waals surface area (Å²) in [5, 5.41) is 0. The Bertz CT molecular complexity index is 802. The number of hydrogen-bond acceptors (Lipinski definition) is 4. The lowest BCUT2D eigenvalue weighted by molar-refractivity contribution is -0.126. The molecule has 1 unspecified atom stereocenters. The molecule has 0 aromatic heterocycles. The summed E-state index contributed by atoms with van der Waals surface area (Å²) >= 11 is 0. The van der Waals surface area contributed by atoms with Crippen LogP contribution in [-0.2, 0) is 16.8 Å². The van der Waals surface area contributed by atoms with Crippen molar-refractivity contribution in [1.82, 2.24) is 4.90 Å². The molecule has 0 aliphatic carbocycles. The number of ether oxygens (including phenoxy) is 2. The summed E-state index contributed by atoms with van der Waals surface area (Å²) in [6.45, 7) is 1.76. The molecule has 2 aromatic carbocycles. The van der Waals surface area contributed by atoms with E-state index in [2.05, 4.69) is 41.3 Å². The summed E-state index contributed by atoms with van der Waals surface area (Å²) in [6, 6.07) is 14.6. The molecule has 1 saturated heterocycles. The third-order valence-electron chi connectivity index (χ3n) is 5.61. The summed E-state index contributed by atoms with van der Waals surface area (Å²) in [5.74, 6) is 1.79. The quantitative estimate of drug-likeness (QED) is 0.862. The van der Waals surface area contributed by atoms with Crippen LogP contribution in [0.4, 0.5) is 0 Å². The molecule has 4 heteroatoms. The summed E-state index contributed by atoms with van der Waals surface area (Å²) < 4.78 is 11.1. The Morgan fingerprint density at radius 2 is 1.64 bits per heavy atom.